The van der Waals surface area contributed by atoms with Crippen molar-refractivity contribution in [1.29, 1.82) is 0 Å². The minimum absolute atomic E-state index is 0.113. The Morgan fingerprint density at radius 1 is 0.964 bits per heavy atom. The third-order valence-electron chi connectivity index (χ3n) is 5.02. The smallest absolute Gasteiger partial charge is 0.272 e. The monoisotopic (exact) mass is 385 g/mol. The second-order valence-electron chi connectivity index (χ2n) is 7.04. The molecule has 0 spiro atoms. The van der Waals surface area contributed by atoms with E-state index in [1.165, 1.54) is 5.56 Å². The lowest BCUT2D eigenvalue weighted by molar-refractivity contribution is 0.102. The average molecular weight is 385 g/mol. The fraction of sp³-hybridized carbons (Fsp3) is 0.0870. The third-order valence-corrected chi connectivity index (χ3v) is 6.06. The average Bonchev–Trinajstić information content (AvgIpc) is 3.38. The van der Waals surface area contributed by atoms with Gasteiger partial charge in [0.25, 0.3) is 5.91 Å². The molecule has 0 bridgehead atoms. The van der Waals surface area contributed by atoms with Gasteiger partial charge in [0.1, 0.15) is 10.7 Å². The molecule has 0 saturated carbocycles. The molecule has 3 heterocycles. The van der Waals surface area contributed by atoms with Crippen LogP contribution in [0.3, 0.4) is 0 Å². The maximum atomic E-state index is 13.2. The number of fused-ring (bicyclic) bond motifs is 2. The first kappa shape index (κ1) is 16.8. The van der Waals surface area contributed by atoms with E-state index < -0.39 is 0 Å². The molecule has 0 aliphatic heterocycles. The lowest BCUT2D eigenvalue weighted by atomic mass is 10.2. The predicted molar refractivity (Wildman–Crippen MR) is 117 cm³/mol. The molecule has 5 rings (SSSR count). The predicted octanol–water partition coefficient (Wildman–Crippen LogP) is 5.74. The number of rotatable bonds is 3. The van der Waals surface area contributed by atoms with Gasteiger partial charge in [-0.3, -0.25) is 9.36 Å². The summed E-state index contributed by atoms with van der Waals surface area (Å²) in [4.78, 5) is 13.2. The third kappa shape index (κ3) is 2.72. The lowest BCUT2D eigenvalue weighted by Crippen LogP contribution is -2.15. The molecule has 0 aliphatic rings. The minimum atomic E-state index is -0.113. The zero-order valence-corrected chi connectivity index (χ0v) is 16.5. The van der Waals surface area contributed by atoms with E-state index in [4.69, 9.17) is 0 Å². The quantitative estimate of drug-likeness (QED) is 0.422. The molecule has 4 nitrogen and oxygen atoms in total. The molecule has 2 aromatic carbocycles. The molecular formula is C23H19N3OS. The van der Waals surface area contributed by atoms with Crippen molar-refractivity contribution >= 4 is 44.7 Å². The Morgan fingerprint density at radius 3 is 2.61 bits per heavy atom. The number of thiophene rings is 1. The summed E-state index contributed by atoms with van der Waals surface area (Å²) in [5.74, 6) is -0.113. The number of carbonyl (C=O) groups is 1. The van der Waals surface area contributed by atoms with Crippen LogP contribution >= 0.6 is 11.3 Å². The van der Waals surface area contributed by atoms with Gasteiger partial charge in [0.15, 0.2) is 0 Å². The SMILES string of the molecule is Cc1csc(-n2c(C(=O)Nc3ccc4c(ccn4C)c3)cc3ccccc32)c1. The van der Waals surface area contributed by atoms with Gasteiger partial charge in [-0.2, -0.15) is 0 Å². The molecule has 5 aromatic rings. The summed E-state index contributed by atoms with van der Waals surface area (Å²) in [5, 5.41) is 8.38. The van der Waals surface area contributed by atoms with Crippen molar-refractivity contribution in [1.82, 2.24) is 9.13 Å². The maximum absolute atomic E-state index is 13.2. The molecule has 0 atom stereocenters. The summed E-state index contributed by atoms with van der Waals surface area (Å²) in [6.45, 7) is 2.07. The van der Waals surface area contributed by atoms with Crippen LogP contribution in [0.15, 0.2) is 72.2 Å². The molecule has 0 radical (unpaired) electrons. The molecule has 138 valence electrons. The Morgan fingerprint density at radius 2 is 1.79 bits per heavy atom. The second-order valence-corrected chi connectivity index (χ2v) is 7.93. The van der Waals surface area contributed by atoms with Crippen molar-refractivity contribution in [2.75, 3.05) is 5.32 Å². The molecule has 3 aromatic heterocycles. The second kappa shape index (κ2) is 6.39. The first-order valence-electron chi connectivity index (χ1n) is 9.12. The minimum Gasteiger partial charge on any atom is -0.351 e. The number of amides is 1. The molecule has 0 saturated heterocycles. The van der Waals surface area contributed by atoms with E-state index in [0.717, 1.165) is 32.5 Å². The summed E-state index contributed by atoms with van der Waals surface area (Å²) < 4.78 is 4.11. The maximum Gasteiger partial charge on any atom is 0.272 e. The van der Waals surface area contributed by atoms with E-state index in [-0.39, 0.29) is 5.91 Å². The lowest BCUT2D eigenvalue weighted by Gasteiger charge is -2.10. The van der Waals surface area contributed by atoms with E-state index in [1.807, 2.05) is 60.3 Å². The zero-order valence-electron chi connectivity index (χ0n) is 15.6. The van der Waals surface area contributed by atoms with Gasteiger partial charge < -0.3 is 9.88 Å². The Hall–Kier alpha value is -3.31. The first-order valence-corrected chi connectivity index (χ1v) is 10.0. The van der Waals surface area contributed by atoms with Gasteiger partial charge >= 0.3 is 0 Å². The summed E-state index contributed by atoms with van der Waals surface area (Å²) in [7, 11) is 2.02. The molecule has 1 amide bonds. The molecule has 5 heteroatoms. The fourth-order valence-corrected chi connectivity index (χ4v) is 4.58. The number of aryl methyl sites for hydroxylation is 2. The largest absolute Gasteiger partial charge is 0.351 e. The van der Waals surface area contributed by atoms with Gasteiger partial charge in [0.2, 0.25) is 0 Å². The summed E-state index contributed by atoms with van der Waals surface area (Å²) in [6, 6.07) is 20.2. The number of hydrogen-bond donors (Lipinski definition) is 1. The molecule has 0 fully saturated rings. The first-order chi connectivity index (χ1) is 13.6. The van der Waals surface area contributed by atoms with Crippen LogP contribution in [0, 0.1) is 6.92 Å². The number of para-hydroxylation sites is 1. The molecule has 0 unspecified atom stereocenters. The van der Waals surface area contributed by atoms with E-state index in [0.29, 0.717) is 5.69 Å². The standard InChI is InChI=1S/C23H19N3OS/c1-15-11-22(28-14-15)26-20-6-4-3-5-16(20)13-21(26)23(27)24-18-7-8-19-17(12-18)9-10-25(19)2/h3-14H,1-2H3,(H,24,27). The normalized spacial score (nSPS) is 11.4. The summed E-state index contributed by atoms with van der Waals surface area (Å²) in [5.41, 5.74) is 4.80. The molecular weight excluding hydrogens is 366 g/mol. The summed E-state index contributed by atoms with van der Waals surface area (Å²) >= 11 is 1.64. The Bertz CT molecular complexity index is 1340. The Labute approximate surface area is 166 Å². The van der Waals surface area contributed by atoms with Crippen LogP contribution in [0.2, 0.25) is 0 Å². The highest BCUT2D eigenvalue weighted by Crippen LogP contribution is 2.29. The highest BCUT2D eigenvalue weighted by atomic mass is 32.1. The molecule has 0 aliphatic carbocycles. The van der Waals surface area contributed by atoms with Crippen molar-refractivity contribution in [3.8, 4) is 5.00 Å². The van der Waals surface area contributed by atoms with Gasteiger partial charge in [-0.15, -0.1) is 11.3 Å². The van der Waals surface area contributed by atoms with E-state index in [9.17, 15) is 4.79 Å². The Balaban J connectivity index is 1.58. The van der Waals surface area contributed by atoms with Crippen LogP contribution < -0.4 is 5.32 Å². The topological polar surface area (TPSA) is 39.0 Å². The van der Waals surface area contributed by atoms with Gasteiger partial charge in [-0.25, -0.2) is 0 Å². The van der Waals surface area contributed by atoms with Crippen LogP contribution in [-0.2, 0) is 7.05 Å². The van der Waals surface area contributed by atoms with Crippen LogP contribution in [0.4, 0.5) is 5.69 Å². The van der Waals surface area contributed by atoms with E-state index >= 15 is 0 Å². The van der Waals surface area contributed by atoms with Crippen molar-refractivity contribution in [2.45, 2.75) is 6.92 Å². The molecule has 1 N–H and O–H groups in total. The number of carbonyl (C=O) groups excluding carboxylic acids is 1. The number of anilines is 1. The van der Waals surface area contributed by atoms with Crippen molar-refractivity contribution in [2.24, 2.45) is 7.05 Å². The van der Waals surface area contributed by atoms with Crippen molar-refractivity contribution in [3.63, 3.8) is 0 Å². The summed E-state index contributed by atoms with van der Waals surface area (Å²) in [6.07, 6.45) is 2.02. The van der Waals surface area contributed by atoms with Gasteiger partial charge in [0, 0.05) is 35.2 Å². The van der Waals surface area contributed by atoms with Crippen molar-refractivity contribution < 1.29 is 4.79 Å². The highest BCUT2D eigenvalue weighted by Gasteiger charge is 2.18. The van der Waals surface area contributed by atoms with Crippen LogP contribution in [0.25, 0.3) is 26.8 Å². The van der Waals surface area contributed by atoms with E-state index in [1.54, 1.807) is 11.3 Å². The highest BCUT2D eigenvalue weighted by molar-refractivity contribution is 7.12. The fourth-order valence-electron chi connectivity index (χ4n) is 3.65. The zero-order chi connectivity index (χ0) is 19.3. The van der Waals surface area contributed by atoms with E-state index in [2.05, 4.69) is 40.4 Å². The van der Waals surface area contributed by atoms with Gasteiger partial charge in [-0.1, -0.05) is 18.2 Å². The number of aromatic nitrogens is 2. The number of hydrogen-bond acceptors (Lipinski definition) is 2. The Kier molecular flexibility index (Phi) is 3.84. The van der Waals surface area contributed by atoms with Crippen molar-refractivity contribution in [3.05, 3.63) is 83.5 Å². The van der Waals surface area contributed by atoms with Gasteiger partial charge in [-0.05, 0) is 60.3 Å². The number of nitrogens with one attached hydrogen (secondary N) is 1. The molecule has 28 heavy (non-hydrogen) atoms. The number of benzene rings is 2. The van der Waals surface area contributed by atoms with Crippen LogP contribution in [0.5, 0.6) is 0 Å². The van der Waals surface area contributed by atoms with Gasteiger partial charge in [0.05, 0.1) is 5.52 Å². The number of nitrogens with zero attached hydrogens (tertiary/aromatic N) is 2. The van der Waals surface area contributed by atoms with Crippen LogP contribution in [0.1, 0.15) is 16.1 Å². The van der Waals surface area contributed by atoms with Crippen LogP contribution in [-0.4, -0.2) is 15.0 Å².